The highest BCUT2D eigenvalue weighted by Gasteiger charge is 2.10. The standard InChI is InChI=1S/C16H11ClN2O3/c17-10-2-1-3-11(7-10)19-16-13(15(18)21)6-9-4-5-12(20)8-14(9)22-16/h1-8,20H,(H2,18,21). The number of primary amides is 1. The molecule has 0 bridgehead atoms. The van der Waals surface area contributed by atoms with Crippen molar-refractivity contribution in [3.05, 3.63) is 64.7 Å². The summed E-state index contributed by atoms with van der Waals surface area (Å²) >= 11 is 5.91. The Balaban J connectivity index is 2.30. The van der Waals surface area contributed by atoms with Gasteiger partial charge in [0.1, 0.15) is 16.9 Å². The molecule has 22 heavy (non-hydrogen) atoms. The molecule has 3 rings (SSSR count). The first kappa shape index (κ1) is 14.2. The SMILES string of the molecule is NC(=O)c1cc2ccc(O)cc2oc1=Nc1cccc(Cl)c1. The van der Waals surface area contributed by atoms with Crippen molar-refractivity contribution in [3.8, 4) is 5.75 Å². The van der Waals surface area contributed by atoms with E-state index < -0.39 is 5.91 Å². The summed E-state index contributed by atoms with van der Waals surface area (Å²) in [5.74, 6) is -0.601. The van der Waals surface area contributed by atoms with Crippen LogP contribution in [-0.2, 0) is 0 Å². The number of amides is 1. The highest BCUT2D eigenvalue weighted by molar-refractivity contribution is 6.30. The van der Waals surface area contributed by atoms with Crippen LogP contribution in [0.1, 0.15) is 10.4 Å². The van der Waals surface area contributed by atoms with Gasteiger partial charge in [0.2, 0.25) is 5.55 Å². The number of phenols is 1. The number of hydrogen-bond acceptors (Lipinski definition) is 4. The Bertz CT molecular complexity index is 948. The van der Waals surface area contributed by atoms with E-state index in [9.17, 15) is 9.90 Å². The van der Waals surface area contributed by atoms with Gasteiger partial charge in [-0.15, -0.1) is 0 Å². The third-order valence-corrected chi connectivity index (χ3v) is 3.27. The second-order valence-corrected chi connectivity index (χ2v) is 5.08. The molecule has 0 aliphatic rings. The molecule has 1 aromatic heterocycles. The Kier molecular flexibility index (Phi) is 3.56. The maximum atomic E-state index is 11.6. The van der Waals surface area contributed by atoms with Crippen LogP contribution in [0.15, 0.2) is 57.9 Å². The van der Waals surface area contributed by atoms with Crippen LogP contribution in [0.2, 0.25) is 5.02 Å². The Morgan fingerprint density at radius 1 is 1.18 bits per heavy atom. The van der Waals surface area contributed by atoms with Gasteiger partial charge >= 0.3 is 0 Å². The van der Waals surface area contributed by atoms with Gasteiger partial charge in [0.15, 0.2) is 0 Å². The molecule has 3 aromatic rings. The smallest absolute Gasteiger partial charge is 0.254 e. The molecular formula is C16H11ClN2O3. The molecule has 1 amide bonds. The summed E-state index contributed by atoms with van der Waals surface area (Å²) in [6.07, 6.45) is 0. The molecule has 6 heteroatoms. The monoisotopic (exact) mass is 314 g/mol. The number of carbonyl (C=O) groups excluding carboxylic acids is 1. The Morgan fingerprint density at radius 2 is 2.00 bits per heavy atom. The van der Waals surface area contributed by atoms with Crippen LogP contribution in [0.5, 0.6) is 5.75 Å². The van der Waals surface area contributed by atoms with Crippen LogP contribution in [0, 0.1) is 0 Å². The fraction of sp³-hybridized carbons (Fsp3) is 0. The molecule has 0 unspecified atom stereocenters. The normalized spacial score (nSPS) is 11.8. The van der Waals surface area contributed by atoms with E-state index in [1.165, 1.54) is 12.1 Å². The average molecular weight is 315 g/mol. The van der Waals surface area contributed by atoms with Gasteiger partial charge in [-0.05, 0) is 36.4 Å². The van der Waals surface area contributed by atoms with Crippen molar-refractivity contribution in [1.29, 1.82) is 0 Å². The fourth-order valence-electron chi connectivity index (χ4n) is 2.03. The zero-order valence-electron chi connectivity index (χ0n) is 11.3. The van der Waals surface area contributed by atoms with Crippen molar-refractivity contribution in [3.63, 3.8) is 0 Å². The average Bonchev–Trinajstić information content (AvgIpc) is 2.46. The number of halogens is 1. The molecule has 0 fully saturated rings. The molecule has 0 atom stereocenters. The maximum Gasteiger partial charge on any atom is 0.254 e. The lowest BCUT2D eigenvalue weighted by Gasteiger charge is -2.02. The van der Waals surface area contributed by atoms with Gasteiger partial charge < -0.3 is 15.3 Å². The lowest BCUT2D eigenvalue weighted by atomic mass is 10.1. The van der Waals surface area contributed by atoms with E-state index in [2.05, 4.69) is 4.99 Å². The minimum atomic E-state index is -0.653. The zero-order chi connectivity index (χ0) is 15.7. The number of carbonyl (C=O) groups is 1. The summed E-state index contributed by atoms with van der Waals surface area (Å²) in [5.41, 5.74) is 6.52. The molecule has 1 heterocycles. The van der Waals surface area contributed by atoms with Crippen LogP contribution in [-0.4, -0.2) is 11.0 Å². The molecule has 3 N–H and O–H groups in total. The van der Waals surface area contributed by atoms with E-state index in [1.807, 2.05) is 0 Å². The number of nitrogens with two attached hydrogens (primary N) is 1. The molecule has 2 aromatic carbocycles. The van der Waals surface area contributed by atoms with E-state index in [-0.39, 0.29) is 16.9 Å². The van der Waals surface area contributed by atoms with E-state index in [0.717, 1.165) is 0 Å². The predicted octanol–water partition coefficient (Wildman–Crippen LogP) is 3.12. The van der Waals surface area contributed by atoms with Crippen LogP contribution in [0.25, 0.3) is 11.0 Å². The molecule has 5 nitrogen and oxygen atoms in total. The Morgan fingerprint density at radius 3 is 2.73 bits per heavy atom. The summed E-state index contributed by atoms with van der Waals surface area (Å²) in [6, 6.07) is 12.9. The van der Waals surface area contributed by atoms with Gasteiger partial charge in [0.05, 0.1) is 5.69 Å². The van der Waals surface area contributed by atoms with Gasteiger partial charge in [-0.3, -0.25) is 4.79 Å². The largest absolute Gasteiger partial charge is 0.508 e. The van der Waals surface area contributed by atoms with Gasteiger partial charge in [-0.2, -0.15) is 0 Å². The number of rotatable bonds is 2. The van der Waals surface area contributed by atoms with Gasteiger partial charge in [0.25, 0.3) is 5.91 Å². The number of phenolic OH excluding ortho intramolecular Hbond substituents is 1. The number of fused-ring (bicyclic) bond motifs is 1. The minimum Gasteiger partial charge on any atom is -0.508 e. The van der Waals surface area contributed by atoms with E-state index in [1.54, 1.807) is 36.4 Å². The molecule has 0 saturated heterocycles. The molecule has 110 valence electrons. The van der Waals surface area contributed by atoms with Gasteiger partial charge in [0, 0.05) is 16.5 Å². The van der Waals surface area contributed by atoms with E-state index in [0.29, 0.717) is 21.7 Å². The quantitative estimate of drug-likeness (QED) is 0.761. The highest BCUT2D eigenvalue weighted by atomic mass is 35.5. The lowest BCUT2D eigenvalue weighted by molar-refractivity contribution is 0.0996. The summed E-state index contributed by atoms with van der Waals surface area (Å²) in [5, 5.41) is 10.7. The molecule has 0 aliphatic carbocycles. The Hall–Kier alpha value is -2.79. The lowest BCUT2D eigenvalue weighted by Crippen LogP contribution is -2.21. The first-order valence-corrected chi connectivity index (χ1v) is 6.78. The van der Waals surface area contributed by atoms with Crippen LogP contribution in [0.4, 0.5) is 5.69 Å². The molecule has 0 saturated carbocycles. The topological polar surface area (TPSA) is 88.8 Å². The summed E-state index contributed by atoms with van der Waals surface area (Å²) in [4.78, 5) is 15.9. The zero-order valence-corrected chi connectivity index (χ0v) is 12.0. The molecular weight excluding hydrogens is 304 g/mol. The first-order chi connectivity index (χ1) is 10.5. The van der Waals surface area contributed by atoms with Crippen molar-refractivity contribution >= 4 is 34.2 Å². The molecule has 0 radical (unpaired) electrons. The summed E-state index contributed by atoms with van der Waals surface area (Å²) in [6.45, 7) is 0. The van der Waals surface area contributed by atoms with Gasteiger partial charge in [-0.1, -0.05) is 17.7 Å². The van der Waals surface area contributed by atoms with Crippen molar-refractivity contribution in [2.75, 3.05) is 0 Å². The number of hydrogen-bond donors (Lipinski definition) is 2. The maximum absolute atomic E-state index is 11.6. The fourth-order valence-corrected chi connectivity index (χ4v) is 2.21. The minimum absolute atomic E-state index is 0.0526. The van der Waals surface area contributed by atoms with Crippen LogP contribution >= 0.6 is 11.6 Å². The Labute approximate surface area is 130 Å². The number of benzene rings is 2. The number of aromatic hydroxyl groups is 1. The second kappa shape index (κ2) is 5.54. The molecule has 0 aliphatic heterocycles. The summed E-state index contributed by atoms with van der Waals surface area (Å²) < 4.78 is 5.61. The van der Waals surface area contributed by atoms with Crippen molar-refractivity contribution < 1.29 is 14.3 Å². The van der Waals surface area contributed by atoms with E-state index >= 15 is 0 Å². The predicted molar refractivity (Wildman–Crippen MR) is 83.1 cm³/mol. The third-order valence-electron chi connectivity index (χ3n) is 3.04. The third kappa shape index (κ3) is 2.80. The molecule has 0 spiro atoms. The van der Waals surface area contributed by atoms with Crippen molar-refractivity contribution in [2.24, 2.45) is 10.7 Å². The van der Waals surface area contributed by atoms with Gasteiger partial charge in [-0.25, -0.2) is 4.99 Å². The van der Waals surface area contributed by atoms with Crippen LogP contribution in [0.3, 0.4) is 0 Å². The first-order valence-electron chi connectivity index (χ1n) is 6.40. The second-order valence-electron chi connectivity index (χ2n) is 4.64. The van der Waals surface area contributed by atoms with Crippen LogP contribution < -0.4 is 11.3 Å². The van der Waals surface area contributed by atoms with E-state index in [4.69, 9.17) is 21.8 Å². The van der Waals surface area contributed by atoms with Crippen molar-refractivity contribution in [1.82, 2.24) is 0 Å². The number of nitrogens with zero attached hydrogens (tertiary/aromatic N) is 1. The summed E-state index contributed by atoms with van der Waals surface area (Å²) in [7, 11) is 0. The highest BCUT2D eigenvalue weighted by Crippen LogP contribution is 2.21. The van der Waals surface area contributed by atoms with Crippen molar-refractivity contribution in [2.45, 2.75) is 0 Å².